The number of amidine groups is 1. The molecule has 1 aromatic carbocycles. The van der Waals surface area contributed by atoms with Crippen LogP contribution in [0.5, 0.6) is 5.75 Å². The molecule has 1 aromatic rings. The molecule has 0 radical (unpaired) electrons. The lowest BCUT2D eigenvalue weighted by molar-refractivity contribution is -0.121. The van der Waals surface area contributed by atoms with Crippen LogP contribution in [0.15, 0.2) is 23.2 Å². The number of halogens is 1. The Kier molecular flexibility index (Phi) is 4.49. The molecule has 0 fully saturated rings. The van der Waals surface area contributed by atoms with Gasteiger partial charge in [0.25, 0.3) is 5.91 Å². The molecule has 1 aliphatic heterocycles. The van der Waals surface area contributed by atoms with Gasteiger partial charge in [0.05, 0.1) is 11.6 Å². The molecule has 0 aromatic heterocycles. The second-order valence-electron chi connectivity index (χ2n) is 3.81. The number of nitrogens with one attached hydrogen (secondary N) is 1. The van der Waals surface area contributed by atoms with Gasteiger partial charge in [-0.25, -0.2) is 0 Å². The van der Waals surface area contributed by atoms with Crippen molar-refractivity contribution in [2.75, 3.05) is 18.9 Å². The summed E-state index contributed by atoms with van der Waals surface area (Å²) in [5, 5.41) is 3.86. The quantitative estimate of drug-likeness (QED) is 0.926. The molecule has 96 valence electrons. The van der Waals surface area contributed by atoms with Crippen LogP contribution in [0, 0.1) is 6.92 Å². The zero-order chi connectivity index (χ0) is 13.0. The second-order valence-corrected chi connectivity index (χ2v) is 5.30. The van der Waals surface area contributed by atoms with Crippen LogP contribution < -0.4 is 10.1 Å². The lowest BCUT2D eigenvalue weighted by Gasteiger charge is -2.08. The molecular formula is C12H13ClN2O2S. The minimum Gasteiger partial charge on any atom is -0.482 e. The van der Waals surface area contributed by atoms with Gasteiger partial charge in [-0.2, -0.15) is 0 Å². The van der Waals surface area contributed by atoms with Gasteiger partial charge in [0.15, 0.2) is 11.8 Å². The van der Waals surface area contributed by atoms with Crippen molar-refractivity contribution in [2.45, 2.75) is 6.92 Å². The van der Waals surface area contributed by atoms with Crippen molar-refractivity contribution in [1.82, 2.24) is 5.32 Å². The highest BCUT2D eigenvalue weighted by Gasteiger charge is 2.12. The number of hydrogen-bond donors (Lipinski definition) is 1. The molecule has 1 heterocycles. The Morgan fingerprint density at radius 2 is 2.44 bits per heavy atom. The summed E-state index contributed by atoms with van der Waals surface area (Å²) in [5.74, 6) is 1.22. The number of hydrogen-bond acceptors (Lipinski definition) is 4. The summed E-state index contributed by atoms with van der Waals surface area (Å²) in [5.41, 5.74) is 1.03. The molecule has 4 nitrogen and oxygen atoms in total. The van der Waals surface area contributed by atoms with E-state index in [1.165, 1.54) is 11.8 Å². The zero-order valence-corrected chi connectivity index (χ0v) is 11.5. The van der Waals surface area contributed by atoms with E-state index in [1.54, 1.807) is 12.1 Å². The number of rotatable bonds is 3. The number of carbonyl (C=O) groups is 1. The van der Waals surface area contributed by atoms with E-state index in [1.807, 2.05) is 13.0 Å². The predicted octanol–water partition coefficient (Wildman–Crippen LogP) is 2.25. The van der Waals surface area contributed by atoms with Crippen LogP contribution in [0.25, 0.3) is 0 Å². The van der Waals surface area contributed by atoms with Gasteiger partial charge in [-0.05, 0) is 24.6 Å². The Hall–Kier alpha value is -1.20. The third-order valence-corrected chi connectivity index (χ3v) is 3.48. The molecule has 0 saturated heterocycles. The summed E-state index contributed by atoms with van der Waals surface area (Å²) in [4.78, 5) is 15.7. The van der Waals surface area contributed by atoms with Crippen molar-refractivity contribution in [2.24, 2.45) is 4.99 Å². The molecule has 0 atom stereocenters. The third kappa shape index (κ3) is 3.65. The maximum atomic E-state index is 11.6. The van der Waals surface area contributed by atoms with E-state index in [4.69, 9.17) is 16.3 Å². The SMILES string of the molecule is Cc1ccc(Cl)c(OCC(=O)NC2=NCCS2)c1. The number of thioether (sulfide) groups is 1. The third-order valence-electron chi connectivity index (χ3n) is 2.28. The summed E-state index contributed by atoms with van der Waals surface area (Å²) in [7, 11) is 0. The van der Waals surface area contributed by atoms with Crippen LogP contribution in [0.4, 0.5) is 0 Å². The Morgan fingerprint density at radius 1 is 1.61 bits per heavy atom. The Bertz CT molecular complexity index is 491. The van der Waals surface area contributed by atoms with E-state index < -0.39 is 0 Å². The van der Waals surface area contributed by atoms with Crippen LogP contribution in [-0.2, 0) is 4.79 Å². The van der Waals surface area contributed by atoms with Crippen LogP contribution in [-0.4, -0.2) is 30.0 Å². The number of amides is 1. The maximum absolute atomic E-state index is 11.6. The van der Waals surface area contributed by atoms with E-state index in [0.717, 1.165) is 17.9 Å². The Morgan fingerprint density at radius 3 is 3.17 bits per heavy atom. The largest absolute Gasteiger partial charge is 0.482 e. The van der Waals surface area contributed by atoms with Crippen LogP contribution in [0.2, 0.25) is 5.02 Å². The highest BCUT2D eigenvalue weighted by atomic mass is 35.5. The second kappa shape index (κ2) is 6.11. The first-order chi connectivity index (χ1) is 8.65. The first-order valence-electron chi connectivity index (χ1n) is 5.51. The fourth-order valence-electron chi connectivity index (χ4n) is 1.43. The number of benzene rings is 1. The van der Waals surface area contributed by atoms with Gasteiger partial charge in [0, 0.05) is 5.75 Å². The van der Waals surface area contributed by atoms with Crippen molar-refractivity contribution in [3.8, 4) is 5.75 Å². The number of aryl methyl sites for hydroxylation is 1. The molecule has 1 amide bonds. The minimum absolute atomic E-state index is 0.0667. The van der Waals surface area contributed by atoms with Crippen molar-refractivity contribution in [3.05, 3.63) is 28.8 Å². The predicted molar refractivity (Wildman–Crippen MR) is 74.6 cm³/mol. The molecule has 6 heteroatoms. The molecule has 0 spiro atoms. The number of nitrogens with zero attached hydrogens (tertiary/aromatic N) is 1. The van der Waals surface area contributed by atoms with Crippen molar-refractivity contribution in [1.29, 1.82) is 0 Å². The van der Waals surface area contributed by atoms with Crippen molar-refractivity contribution in [3.63, 3.8) is 0 Å². The highest BCUT2D eigenvalue weighted by molar-refractivity contribution is 8.14. The smallest absolute Gasteiger partial charge is 0.263 e. The van der Waals surface area contributed by atoms with E-state index in [9.17, 15) is 4.79 Å². The average molecular weight is 285 g/mol. The first-order valence-corrected chi connectivity index (χ1v) is 6.87. The van der Waals surface area contributed by atoms with Gasteiger partial charge in [-0.1, -0.05) is 29.4 Å². The first kappa shape index (κ1) is 13.2. The van der Waals surface area contributed by atoms with Crippen LogP contribution in [0.3, 0.4) is 0 Å². The summed E-state index contributed by atoms with van der Waals surface area (Å²) in [6, 6.07) is 5.44. The average Bonchev–Trinajstić information content (AvgIpc) is 2.83. The summed E-state index contributed by atoms with van der Waals surface area (Å²) < 4.78 is 5.38. The molecule has 0 aliphatic carbocycles. The number of aliphatic imine (C=N–C) groups is 1. The van der Waals surface area contributed by atoms with E-state index in [0.29, 0.717) is 15.9 Å². The van der Waals surface area contributed by atoms with Gasteiger partial charge in [-0.3, -0.25) is 9.79 Å². The number of ether oxygens (including phenoxy) is 1. The fraction of sp³-hybridized carbons (Fsp3) is 0.333. The zero-order valence-electron chi connectivity index (χ0n) is 9.90. The van der Waals surface area contributed by atoms with Gasteiger partial charge < -0.3 is 10.1 Å². The summed E-state index contributed by atoms with van der Waals surface area (Å²) in [6.45, 7) is 2.63. The van der Waals surface area contributed by atoms with Crippen molar-refractivity contribution >= 4 is 34.4 Å². The van der Waals surface area contributed by atoms with E-state index in [2.05, 4.69) is 10.3 Å². The molecular weight excluding hydrogens is 272 g/mol. The van der Waals surface area contributed by atoms with Gasteiger partial charge in [0.2, 0.25) is 0 Å². The molecule has 2 rings (SSSR count). The monoisotopic (exact) mass is 284 g/mol. The highest BCUT2D eigenvalue weighted by Crippen LogP contribution is 2.25. The Balaban J connectivity index is 1.87. The lowest BCUT2D eigenvalue weighted by Crippen LogP contribution is -2.32. The van der Waals surface area contributed by atoms with E-state index >= 15 is 0 Å². The molecule has 18 heavy (non-hydrogen) atoms. The van der Waals surface area contributed by atoms with Crippen LogP contribution in [0.1, 0.15) is 5.56 Å². The minimum atomic E-state index is -0.222. The topological polar surface area (TPSA) is 50.7 Å². The molecule has 1 aliphatic rings. The van der Waals surface area contributed by atoms with Gasteiger partial charge in [-0.15, -0.1) is 0 Å². The molecule has 0 unspecified atom stereocenters. The molecule has 0 bridgehead atoms. The summed E-state index contributed by atoms with van der Waals surface area (Å²) in [6.07, 6.45) is 0. The van der Waals surface area contributed by atoms with E-state index in [-0.39, 0.29) is 12.5 Å². The maximum Gasteiger partial charge on any atom is 0.263 e. The fourth-order valence-corrected chi connectivity index (χ4v) is 2.35. The normalized spacial score (nSPS) is 14.2. The number of carbonyl (C=O) groups excluding carboxylic acids is 1. The van der Waals surface area contributed by atoms with Crippen molar-refractivity contribution < 1.29 is 9.53 Å². The molecule has 0 saturated carbocycles. The Labute approximate surface area is 115 Å². The lowest BCUT2D eigenvalue weighted by atomic mass is 10.2. The standard InChI is InChI=1S/C12H13ClN2O2S/c1-8-2-3-9(13)10(6-8)17-7-11(16)15-12-14-4-5-18-12/h2-3,6H,4-5,7H2,1H3,(H,14,15,16). The van der Waals surface area contributed by atoms with Crippen LogP contribution >= 0.6 is 23.4 Å². The van der Waals surface area contributed by atoms with Gasteiger partial charge >= 0.3 is 0 Å². The molecule has 1 N–H and O–H groups in total. The van der Waals surface area contributed by atoms with Gasteiger partial charge in [0.1, 0.15) is 5.75 Å². The summed E-state index contributed by atoms with van der Waals surface area (Å²) >= 11 is 7.50.